The molecule has 0 saturated heterocycles. The van der Waals surface area contributed by atoms with Crippen LogP contribution in [0.25, 0.3) is 0 Å². The van der Waals surface area contributed by atoms with E-state index in [2.05, 4.69) is 0 Å². The van der Waals surface area contributed by atoms with Gasteiger partial charge in [0, 0.05) is 19.1 Å². The van der Waals surface area contributed by atoms with Gasteiger partial charge in [0.05, 0.1) is 0 Å². The molecule has 0 fully saturated rings. The Bertz CT molecular complexity index is 420. The fourth-order valence-corrected chi connectivity index (χ4v) is 1.81. The van der Waals surface area contributed by atoms with E-state index in [1.807, 2.05) is 54.5 Å². The van der Waals surface area contributed by atoms with E-state index in [4.69, 9.17) is 0 Å². The molecular formula is C14H19F3N2O. The van der Waals surface area contributed by atoms with Gasteiger partial charge in [-0.3, -0.25) is 9.69 Å². The predicted octanol–water partition coefficient (Wildman–Crippen LogP) is 2.75. The van der Waals surface area contributed by atoms with Crippen molar-refractivity contribution in [2.24, 2.45) is 0 Å². The number of hydrogen-bond donors (Lipinski definition) is 1. The Labute approximate surface area is 116 Å². The highest BCUT2D eigenvalue weighted by Gasteiger charge is 2.38. The van der Waals surface area contributed by atoms with E-state index in [9.17, 15) is 18.0 Å². The summed E-state index contributed by atoms with van der Waals surface area (Å²) in [6.45, 7) is 2.65. The van der Waals surface area contributed by atoms with E-state index in [1.54, 1.807) is 0 Å². The van der Waals surface area contributed by atoms with Crippen LogP contribution in [0.1, 0.15) is 24.9 Å². The first-order valence-electron chi connectivity index (χ1n) is 6.42. The number of alkyl halides is 3. The number of carbonyl (C=O) groups is 1. The second kappa shape index (κ2) is 7.28. The Hall–Kier alpha value is -1.56. The molecule has 20 heavy (non-hydrogen) atoms. The number of nitrogens with one attached hydrogen (secondary N) is 1. The van der Waals surface area contributed by atoms with Crippen LogP contribution in [0, 0.1) is 0 Å². The van der Waals surface area contributed by atoms with E-state index in [0.29, 0.717) is 13.0 Å². The molecule has 0 radical (unpaired) electrons. The number of halogens is 3. The van der Waals surface area contributed by atoms with Crippen LogP contribution in [0.2, 0.25) is 0 Å². The largest absolute Gasteiger partial charge is 0.471 e. The maximum atomic E-state index is 12.0. The highest BCUT2D eigenvalue weighted by atomic mass is 19.4. The zero-order chi connectivity index (χ0) is 15.2. The first-order chi connectivity index (χ1) is 9.32. The summed E-state index contributed by atoms with van der Waals surface area (Å²) < 4.78 is 35.9. The minimum Gasteiger partial charge on any atom is -0.348 e. The van der Waals surface area contributed by atoms with Gasteiger partial charge in [-0.15, -0.1) is 0 Å². The summed E-state index contributed by atoms with van der Waals surface area (Å²) in [5.41, 5.74) is 1.15. The third-order valence-electron chi connectivity index (χ3n) is 3.17. The van der Waals surface area contributed by atoms with Gasteiger partial charge in [0.15, 0.2) is 0 Å². The molecule has 112 valence electrons. The van der Waals surface area contributed by atoms with Crippen LogP contribution in [0.4, 0.5) is 13.2 Å². The highest BCUT2D eigenvalue weighted by molar-refractivity contribution is 5.81. The molecular weight excluding hydrogens is 269 g/mol. The Morgan fingerprint density at radius 2 is 1.90 bits per heavy atom. The molecule has 0 aromatic heterocycles. The van der Waals surface area contributed by atoms with Crippen molar-refractivity contribution >= 4 is 5.91 Å². The van der Waals surface area contributed by atoms with Gasteiger partial charge in [-0.1, -0.05) is 30.3 Å². The summed E-state index contributed by atoms with van der Waals surface area (Å²) in [7, 11) is 1.91. The number of hydrogen-bond acceptors (Lipinski definition) is 2. The number of rotatable bonds is 6. The van der Waals surface area contributed by atoms with Gasteiger partial charge >= 0.3 is 12.1 Å². The fraction of sp³-hybridized carbons (Fsp3) is 0.500. The van der Waals surface area contributed by atoms with Gasteiger partial charge in [-0.05, 0) is 26.0 Å². The van der Waals surface area contributed by atoms with Crippen molar-refractivity contribution in [1.82, 2.24) is 10.2 Å². The Balaban J connectivity index is 2.30. The van der Waals surface area contributed by atoms with Crippen LogP contribution in [-0.4, -0.2) is 37.1 Å². The van der Waals surface area contributed by atoms with Crippen LogP contribution in [0.3, 0.4) is 0 Å². The van der Waals surface area contributed by atoms with Crippen molar-refractivity contribution in [3.05, 3.63) is 35.9 Å². The van der Waals surface area contributed by atoms with Crippen molar-refractivity contribution in [3.8, 4) is 0 Å². The zero-order valence-electron chi connectivity index (χ0n) is 11.6. The first-order valence-corrected chi connectivity index (χ1v) is 6.42. The van der Waals surface area contributed by atoms with Crippen molar-refractivity contribution in [2.75, 3.05) is 20.1 Å². The van der Waals surface area contributed by atoms with Crippen LogP contribution in [0.15, 0.2) is 30.3 Å². The average molecular weight is 288 g/mol. The maximum Gasteiger partial charge on any atom is 0.471 e. The Morgan fingerprint density at radius 3 is 2.45 bits per heavy atom. The van der Waals surface area contributed by atoms with Crippen LogP contribution in [-0.2, 0) is 4.79 Å². The summed E-state index contributed by atoms with van der Waals surface area (Å²) in [6.07, 6.45) is -4.33. The van der Waals surface area contributed by atoms with E-state index in [-0.39, 0.29) is 12.6 Å². The minimum absolute atomic E-state index is 0.0180. The number of carbonyl (C=O) groups excluding carboxylic acids is 1. The van der Waals surface area contributed by atoms with Gasteiger partial charge in [-0.2, -0.15) is 13.2 Å². The van der Waals surface area contributed by atoms with E-state index in [0.717, 1.165) is 5.56 Å². The molecule has 0 aliphatic heterocycles. The van der Waals surface area contributed by atoms with Gasteiger partial charge in [0.25, 0.3) is 0 Å². The summed E-state index contributed by atoms with van der Waals surface area (Å²) in [6, 6.07) is 10.0. The fourth-order valence-electron chi connectivity index (χ4n) is 1.81. The molecule has 1 N–H and O–H groups in total. The van der Waals surface area contributed by atoms with Gasteiger partial charge in [0.1, 0.15) is 0 Å². The van der Waals surface area contributed by atoms with E-state index < -0.39 is 12.1 Å². The highest BCUT2D eigenvalue weighted by Crippen LogP contribution is 2.18. The monoisotopic (exact) mass is 288 g/mol. The third-order valence-corrected chi connectivity index (χ3v) is 3.17. The molecule has 0 bridgehead atoms. The van der Waals surface area contributed by atoms with Gasteiger partial charge in [0.2, 0.25) is 0 Å². The van der Waals surface area contributed by atoms with Crippen molar-refractivity contribution in [3.63, 3.8) is 0 Å². The molecule has 1 amide bonds. The lowest BCUT2D eigenvalue weighted by Crippen LogP contribution is -2.38. The SMILES string of the molecule is CC(c1ccccc1)N(C)CCCNC(=O)C(F)(F)F. The molecule has 0 spiro atoms. The number of nitrogens with zero attached hydrogens (tertiary/aromatic N) is 1. The lowest BCUT2D eigenvalue weighted by Gasteiger charge is -2.25. The molecule has 1 atom stereocenters. The summed E-state index contributed by atoms with van der Waals surface area (Å²) in [5.74, 6) is -1.88. The number of benzene rings is 1. The van der Waals surface area contributed by atoms with E-state index in [1.165, 1.54) is 0 Å². The van der Waals surface area contributed by atoms with Crippen LogP contribution >= 0.6 is 0 Å². The third kappa shape index (κ3) is 5.21. The molecule has 0 heterocycles. The van der Waals surface area contributed by atoms with Gasteiger partial charge in [-0.25, -0.2) is 0 Å². The summed E-state index contributed by atoms with van der Waals surface area (Å²) in [5, 5.41) is 1.87. The predicted molar refractivity (Wildman–Crippen MR) is 71.2 cm³/mol. The second-order valence-electron chi connectivity index (χ2n) is 4.67. The van der Waals surface area contributed by atoms with Crippen LogP contribution in [0.5, 0.6) is 0 Å². The summed E-state index contributed by atoms with van der Waals surface area (Å²) >= 11 is 0. The molecule has 1 aromatic carbocycles. The minimum atomic E-state index is -4.80. The topological polar surface area (TPSA) is 32.3 Å². The Kier molecular flexibility index (Phi) is 6.01. The molecule has 3 nitrogen and oxygen atoms in total. The quantitative estimate of drug-likeness (QED) is 0.816. The standard InChI is InChI=1S/C14H19F3N2O/c1-11(12-7-4-3-5-8-12)19(2)10-6-9-18-13(20)14(15,16)17/h3-5,7-8,11H,6,9-10H2,1-2H3,(H,18,20). The van der Waals surface area contributed by atoms with Crippen molar-refractivity contribution in [2.45, 2.75) is 25.6 Å². The molecule has 1 unspecified atom stereocenters. The normalized spacial score (nSPS) is 13.3. The lowest BCUT2D eigenvalue weighted by molar-refractivity contribution is -0.173. The summed E-state index contributed by atoms with van der Waals surface area (Å²) in [4.78, 5) is 12.7. The smallest absolute Gasteiger partial charge is 0.348 e. The van der Waals surface area contributed by atoms with E-state index >= 15 is 0 Å². The van der Waals surface area contributed by atoms with Crippen molar-refractivity contribution < 1.29 is 18.0 Å². The molecule has 0 aliphatic rings. The second-order valence-corrected chi connectivity index (χ2v) is 4.67. The zero-order valence-corrected chi connectivity index (χ0v) is 11.6. The molecule has 1 rings (SSSR count). The maximum absolute atomic E-state index is 12.0. The first kappa shape index (κ1) is 16.5. The Morgan fingerprint density at radius 1 is 1.30 bits per heavy atom. The van der Waals surface area contributed by atoms with Crippen LogP contribution < -0.4 is 5.32 Å². The molecule has 1 aromatic rings. The average Bonchev–Trinajstić information content (AvgIpc) is 2.42. The molecule has 0 saturated carbocycles. The molecule has 6 heteroatoms. The van der Waals surface area contributed by atoms with Crippen molar-refractivity contribution in [1.29, 1.82) is 0 Å². The lowest BCUT2D eigenvalue weighted by atomic mass is 10.1. The number of amides is 1. The van der Waals surface area contributed by atoms with Gasteiger partial charge < -0.3 is 5.32 Å². The molecule has 0 aliphatic carbocycles.